The van der Waals surface area contributed by atoms with Gasteiger partial charge in [0.2, 0.25) is 0 Å². The number of carbonyl (C=O) groups excluding carboxylic acids is 1. The van der Waals surface area contributed by atoms with Gasteiger partial charge in [-0.2, -0.15) is 10.1 Å². The summed E-state index contributed by atoms with van der Waals surface area (Å²) < 4.78 is 5.58. The maximum Gasteiger partial charge on any atom is 0.342 e. The van der Waals surface area contributed by atoms with Crippen molar-refractivity contribution in [2.75, 3.05) is 5.01 Å². The molecule has 0 unspecified atom stereocenters. The second-order valence-corrected chi connectivity index (χ2v) is 7.08. The van der Waals surface area contributed by atoms with Crippen molar-refractivity contribution in [1.82, 2.24) is 4.98 Å². The Morgan fingerprint density at radius 2 is 1.89 bits per heavy atom. The number of nitrogens with zero attached hydrogens (tertiary/aromatic N) is 3. The highest BCUT2D eigenvalue weighted by Crippen LogP contribution is 2.32. The number of hydrogen-bond donors (Lipinski definition) is 1. The van der Waals surface area contributed by atoms with Crippen LogP contribution >= 0.6 is 11.8 Å². The number of para-hydroxylation sites is 3. The highest BCUT2D eigenvalue weighted by molar-refractivity contribution is 8.03. The monoisotopic (exact) mass is 393 g/mol. The minimum absolute atomic E-state index is 0.0469. The van der Waals surface area contributed by atoms with Crippen molar-refractivity contribution in [1.29, 1.82) is 0 Å². The van der Waals surface area contributed by atoms with E-state index in [2.05, 4.69) is 10.1 Å². The maximum atomic E-state index is 12.8. The minimum atomic E-state index is -1.16. The first-order valence-corrected chi connectivity index (χ1v) is 9.27. The summed E-state index contributed by atoms with van der Waals surface area (Å²) in [7, 11) is 0. The number of benzene rings is 2. The standard InChI is InChI=1S/C20H15N3O4S/c1-12-14(18(24)23(22-12)13-7-3-2-4-8-13)11-17(19(25)26)28-20-21-15-9-5-6-10-16(15)27-20/h2-11,14H,1H3,(H,25,26)/b17-11+/t14-/m0/s1. The van der Waals surface area contributed by atoms with E-state index in [1.807, 2.05) is 30.3 Å². The number of anilines is 1. The van der Waals surface area contributed by atoms with E-state index in [0.717, 1.165) is 11.8 Å². The zero-order chi connectivity index (χ0) is 19.7. The molecular formula is C20H15N3O4S. The molecule has 1 aromatic heterocycles. The van der Waals surface area contributed by atoms with E-state index in [-0.39, 0.29) is 16.0 Å². The Bertz CT molecular complexity index is 1090. The Hall–Kier alpha value is -3.39. The number of aromatic nitrogens is 1. The van der Waals surface area contributed by atoms with Crippen LogP contribution in [0.15, 0.2) is 80.3 Å². The molecule has 4 rings (SSSR count). The predicted molar refractivity (Wildman–Crippen MR) is 106 cm³/mol. The summed E-state index contributed by atoms with van der Waals surface area (Å²) in [6.45, 7) is 1.70. The van der Waals surface area contributed by atoms with Crippen LogP contribution in [0.5, 0.6) is 0 Å². The summed E-state index contributed by atoms with van der Waals surface area (Å²) >= 11 is 0.869. The van der Waals surface area contributed by atoms with Crippen molar-refractivity contribution < 1.29 is 19.1 Å². The van der Waals surface area contributed by atoms with Crippen LogP contribution in [0, 0.1) is 5.92 Å². The van der Waals surface area contributed by atoms with Crippen molar-refractivity contribution in [2.24, 2.45) is 11.0 Å². The van der Waals surface area contributed by atoms with Crippen LogP contribution in [-0.2, 0) is 9.59 Å². The van der Waals surface area contributed by atoms with Gasteiger partial charge in [0, 0.05) is 0 Å². The molecule has 2 aromatic carbocycles. The Labute approximate surface area is 164 Å². The first kappa shape index (κ1) is 18.0. The molecule has 0 spiro atoms. The number of rotatable bonds is 5. The number of hydrazone groups is 1. The molecule has 2 heterocycles. The van der Waals surface area contributed by atoms with Gasteiger partial charge in [-0.3, -0.25) is 4.79 Å². The first-order chi connectivity index (χ1) is 13.5. The maximum absolute atomic E-state index is 12.8. The molecule has 0 saturated carbocycles. The molecule has 0 aliphatic carbocycles. The fourth-order valence-corrected chi connectivity index (χ4v) is 3.57. The number of fused-ring (bicyclic) bond motifs is 1. The van der Waals surface area contributed by atoms with Gasteiger partial charge in [0.15, 0.2) is 5.58 Å². The molecule has 1 aliphatic rings. The van der Waals surface area contributed by atoms with Gasteiger partial charge in [0.05, 0.1) is 22.2 Å². The number of carboxylic acid groups (broad SMARTS) is 1. The summed E-state index contributed by atoms with van der Waals surface area (Å²) in [6.07, 6.45) is 1.39. The third-order valence-corrected chi connectivity index (χ3v) is 5.06. The number of aliphatic carboxylic acids is 1. The van der Waals surface area contributed by atoms with Crippen LogP contribution in [0.1, 0.15) is 6.92 Å². The fraction of sp³-hybridized carbons (Fsp3) is 0.100. The molecule has 0 bridgehead atoms. The van der Waals surface area contributed by atoms with E-state index < -0.39 is 11.9 Å². The normalized spacial score (nSPS) is 17.2. The first-order valence-electron chi connectivity index (χ1n) is 8.45. The number of thioether (sulfide) groups is 1. The van der Waals surface area contributed by atoms with Gasteiger partial charge >= 0.3 is 5.97 Å². The lowest BCUT2D eigenvalue weighted by Crippen LogP contribution is -2.26. The molecule has 1 atom stereocenters. The molecule has 1 aliphatic heterocycles. The zero-order valence-electron chi connectivity index (χ0n) is 14.8. The lowest BCUT2D eigenvalue weighted by molar-refractivity contribution is -0.131. The Kier molecular flexibility index (Phi) is 4.70. The molecule has 0 fully saturated rings. The predicted octanol–water partition coefficient (Wildman–Crippen LogP) is 3.93. The highest BCUT2D eigenvalue weighted by Gasteiger charge is 2.34. The summed E-state index contributed by atoms with van der Waals surface area (Å²) in [4.78, 5) is 28.8. The second kappa shape index (κ2) is 7.32. The average molecular weight is 393 g/mol. The lowest BCUT2D eigenvalue weighted by Gasteiger charge is -2.12. The summed E-state index contributed by atoms with van der Waals surface area (Å²) in [6, 6.07) is 16.2. The van der Waals surface area contributed by atoms with Crippen LogP contribution in [0.3, 0.4) is 0 Å². The van der Waals surface area contributed by atoms with E-state index in [1.54, 1.807) is 31.2 Å². The third-order valence-electron chi connectivity index (χ3n) is 4.18. The van der Waals surface area contributed by atoms with E-state index in [1.165, 1.54) is 11.1 Å². The smallest absolute Gasteiger partial charge is 0.342 e. The Morgan fingerprint density at radius 1 is 1.18 bits per heavy atom. The van der Waals surface area contributed by atoms with Crippen LogP contribution in [0.25, 0.3) is 11.1 Å². The van der Waals surface area contributed by atoms with Crippen molar-refractivity contribution >= 4 is 46.1 Å². The fourth-order valence-electron chi connectivity index (χ4n) is 2.81. The van der Waals surface area contributed by atoms with Gasteiger partial charge in [-0.25, -0.2) is 9.78 Å². The third kappa shape index (κ3) is 3.41. The van der Waals surface area contributed by atoms with E-state index >= 15 is 0 Å². The van der Waals surface area contributed by atoms with Gasteiger partial charge in [-0.05, 0) is 49.0 Å². The summed E-state index contributed by atoms with van der Waals surface area (Å²) in [5, 5.41) is 15.4. The highest BCUT2D eigenvalue weighted by atomic mass is 32.2. The van der Waals surface area contributed by atoms with Gasteiger partial charge in [0.25, 0.3) is 11.1 Å². The number of hydrogen-bond acceptors (Lipinski definition) is 6. The summed E-state index contributed by atoms with van der Waals surface area (Å²) in [5.41, 5.74) is 2.36. The van der Waals surface area contributed by atoms with E-state index in [0.29, 0.717) is 22.5 Å². The molecule has 140 valence electrons. The van der Waals surface area contributed by atoms with E-state index in [9.17, 15) is 14.7 Å². The molecular weight excluding hydrogens is 378 g/mol. The van der Waals surface area contributed by atoms with Crippen LogP contribution < -0.4 is 5.01 Å². The van der Waals surface area contributed by atoms with Crippen LogP contribution in [0.4, 0.5) is 5.69 Å². The molecule has 7 nitrogen and oxygen atoms in total. The van der Waals surface area contributed by atoms with Crippen molar-refractivity contribution in [3.8, 4) is 0 Å². The van der Waals surface area contributed by atoms with E-state index in [4.69, 9.17) is 4.42 Å². The molecule has 0 saturated heterocycles. The van der Waals surface area contributed by atoms with Gasteiger partial charge in [-0.1, -0.05) is 30.3 Å². The Balaban J connectivity index is 1.62. The van der Waals surface area contributed by atoms with Crippen LogP contribution in [0.2, 0.25) is 0 Å². The topological polar surface area (TPSA) is 96.0 Å². The molecule has 28 heavy (non-hydrogen) atoms. The van der Waals surface area contributed by atoms with Gasteiger partial charge in [0.1, 0.15) is 5.52 Å². The largest absolute Gasteiger partial charge is 0.477 e. The zero-order valence-corrected chi connectivity index (χ0v) is 15.6. The van der Waals surface area contributed by atoms with Gasteiger partial charge in [-0.15, -0.1) is 0 Å². The van der Waals surface area contributed by atoms with Crippen molar-refractivity contribution in [3.63, 3.8) is 0 Å². The molecule has 1 amide bonds. The Morgan fingerprint density at radius 3 is 2.61 bits per heavy atom. The molecule has 8 heteroatoms. The second-order valence-electron chi connectivity index (χ2n) is 6.09. The number of oxazole rings is 1. The van der Waals surface area contributed by atoms with Crippen LogP contribution in [-0.4, -0.2) is 27.7 Å². The van der Waals surface area contributed by atoms with Crippen molar-refractivity contribution in [3.05, 3.63) is 65.6 Å². The number of amides is 1. The minimum Gasteiger partial charge on any atom is -0.477 e. The SMILES string of the molecule is CC1=NN(c2ccccc2)C(=O)[C@H]1/C=C(/Sc1nc2ccccc2o1)C(=O)O. The molecule has 1 N–H and O–H groups in total. The van der Waals surface area contributed by atoms with Gasteiger partial charge < -0.3 is 9.52 Å². The summed E-state index contributed by atoms with van der Waals surface area (Å²) in [5.74, 6) is -2.23. The molecule has 0 radical (unpaired) electrons. The molecule has 3 aromatic rings. The number of carbonyl (C=O) groups is 2. The number of carboxylic acids is 1. The quantitative estimate of drug-likeness (QED) is 0.521. The average Bonchev–Trinajstić information content (AvgIpc) is 3.23. The van der Waals surface area contributed by atoms with Crippen molar-refractivity contribution in [2.45, 2.75) is 12.1 Å². The lowest BCUT2D eigenvalue weighted by atomic mass is 10.0.